The molecule has 232 valence electrons. The van der Waals surface area contributed by atoms with Crippen molar-refractivity contribution < 1.29 is 33.3 Å². The quantitative estimate of drug-likeness (QED) is 0.215. The number of benzene rings is 2. The van der Waals surface area contributed by atoms with Crippen molar-refractivity contribution in [2.45, 2.75) is 83.8 Å². The molecule has 0 aromatic heterocycles. The Labute approximate surface area is 253 Å². The van der Waals surface area contributed by atoms with E-state index >= 15 is 0 Å². The van der Waals surface area contributed by atoms with Crippen LogP contribution in [0.4, 0.5) is 9.59 Å². The minimum absolute atomic E-state index is 0.121. The Morgan fingerprint density at radius 2 is 1.72 bits per heavy atom. The predicted molar refractivity (Wildman–Crippen MR) is 159 cm³/mol. The molecule has 0 bridgehead atoms. The molecule has 10 nitrogen and oxygen atoms in total. The summed E-state index contributed by atoms with van der Waals surface area (Å²) in [5.41, 5.74) is 4.21. The number of unbranched alkanes of at least 4 members (excludes halogenated alkanes) is 4. The number of carbonyl (C=O) groups is 3. The highest BCUT2D eigenvalue weighted by molar-refractivity contribution is 6.01. The van der Waals surface area contributed by atoms with Gasteiger partial charge in [0.1, 0.15) is 18.4 Å². The van der Waals surface area contributed by atoms with E-state index in [9.17, 15) is 14.4 Å². The Hall–Kier alpha value is -3.63. The molecule has 3 heterocycles. The molecular weight excluding hydrogens is 550 g/mol. The zero-order chi connectivity index (χ0) is 30.2. The Balaban J connectivity index is 0.892. The van der Waals surface area contributed by atoms with Gasteiger partial charge in [0.25, 0.3) is 0 Å². The SMILES string of the molecule is CC1(C)OCc2cc([C@@H]3CN(CCCCCCOCCCCc4cccc(CN5CC(=O)NC5=O)c4)C(=O)O3)ccc2O1. The minimum Gasteiger partial charge on any atom is -0.463 e. The van der Waals surface area contributed by atoms with Crippen LogP contribution >= 0.6 is 0 Å². The molecule has 0 spiro atoms. The summed E-state index contributed by atoms with van der Waals surface area (Å²) in [5.74, 6) is -0.0601. The zero-order valence-corrected chi connectivity index (χ0v) is 25.3. The lowest BCUT2D eigenvalue weighted by molar-refractivity contribution is -0.180. The van der Waals surface area contributed by atoms with Crippen LogP contribution in [-0.4, -0.2) is 66.5 Å². The van der Waals surface area contributed by atoms with E-state index in [0.717, 1.165) is 80.6 Å². The fourth-order valence-corrected chi connectivity index (χ4v) is 5.63. The van der Waals surface area contributed by atoms with Gasteiger partial charge < -0.3 is 28.7 Å². The number of imide groups is 1. The fourth-order valence-electron chi connectivity index (χ4n) is 5.63. The summed E-state index contributed by atoms with van der Waals surface area (Å²) >= 11 is 0. The number of ether oxygens (including phenoxy) is 4. The number of aryl methyl sites for hydroxylation is 1. The summed E-state index contributed by atoms with van der Waals surface area (Å²) in [4.78, 5) is 38.9. The molecule has 1 N–H and O–H groups in total. The van der Waals surface area contributed by atoms with Gasteiger partial charge in [0, 0.05) is 45.7 Å². The Kier molecular flexibility index (Phi) is 10.2. The molecule has 2 aromatic carbocycles. The average Bonchev–Trinajstić information content (AvgIpc) is 3.50. The number of cyclic esters (lactones) is 1. The van der Waals surface area contributed by atoms with Crippen LogP contribution < -0.4 is 10.1 Å². The number of nitrogens with one attached hydrogen (secondary N) is 1. The summed E-state index contributed by atoms with van der Waals surface area (Å²) in [6.07, 6.45) is 6.54. The van der Waals surface area contributed by atoms with Crippen LogP contribution in [0.15, 0.2) is 42.5 Å². The topological polar surface area (TPSA) is 107 Å². The molecule has 0 saturated carbocycles. The second-order valence-electron chi connectivity index (χ2n) is 12.0. The van der Waals surface area contributed by atoms with Gasteiger partial charge in [0.15, 0.2) is 0 Å². The molecule has 0 aliphatic carbocycles. The molecule has 0 unspecified atom stereocenters. The Bertz CT molecular complexity index is 1300. The van der Waals surface area contributed by atoms with Crippen molar-refractivity contribution in [1.82, 2.24) is 15.1 Å². The highest BCUT2D eigenvalue weighted by Crippen LogP contribution is 2.35. The van der Waals surface area contributed by atoms with Crippen LogP contribution in [-0.2, 0) is 38.6 Å². The van der Waals surface area contributed by atoms with E-state index < -0.39 is 5.79 Å². The van der Waals surface area contributed by atoms with Gasteiger partial charge in [-0.25, -0.2) is 9.59 Å². The lowest BCUT2D eigenvalue weighted by Crippen LogP contribution is -2.35. The Morgan fingerprint density at radius 1 is 0.930 bits per heavy atom. The van der Waals surface area contributed by atoms with E-state index in [2.05, 4.69) is 17.4 Å². The van der Waals surface area contributed by atoms with E-state index in [0.29, 0.717) is 26.2 Å². The first-order valence-electron chi connectivity index (χ1n) is 15.4. The van der Waals surface area contributed by atoms with Gasteiger partial charge >= 0.3 is 12.1 Å². The smallest absolute Gasteiger partial charge is 0.410 e. The molecule has 2 fully saturated rings. The van der Waals surface area contributed by atoms with Crippen LogP contribution in [0.3, 0.4) is 0 Å². The molecule has 5 rings (SSSR count). The van der Waals surface area contributed by atoms with Gasteiger partial charge in [-0.15, -0.1) is 0 Å². The average molecular weight is 594 g/mol. The van der Waals surface area contributed by atoms with Gasteiger partial charge in [0.05, 0.1) is 13.2 Å². The highest BCUT2D eigenvalue weighted by Gasteiger charge is 2.33. The normalized spacial score (nSPS) is 19.3. The van der Waals surface area contributed by atoms with E-state index in [-0.39, 0.29) is 30.7 Å². The summed E-state index contributed by atoms with van der Waals surface area (Å²) in [5, 5.41) is 2.31. The van der Waals surface area contributed by atoms with Gasteiger partial charge in [-0.05, 0) is 60.9 Å². The first-order valence-corrected chi connectivity index (χ1v) is 15.4. The fraction of sp³-hybridized carbons (Fsp3) is 0.545. The maximum absolute atomic E-state index is 12.4. The summed E-state index contributed by atoms with van der Waals surface area (Å²) in [6.45, 7) is 7.59. The molecule has 2 saturated heterocycles. The number of carbonyl (C=O) groups excluding carboxylic acids is 3. The molecule has 3 aliphatic rings. The van der Waals surface area contributed by atoms with Crippen LogP contribution in [0.2, 0.25) is 0 Å². The summed E-state index contributed by atoms with van der Waals surface area (Å²) < 4.78 is 23.1. The van der Waals surface area contributed by atoms with Gasteiger partial charge in [-0.3, -0.25) is 10.1 Å². The first-order chi connectivity index (χ1) is 20.8. The third-order valence-corrected chi connectivity index (χ3v) is 7.98. The number of urea groups is 1. The van der Waals surface area contributed by atoms with Crippen LogP contribution in [0.1, 0.15) is 80.7 Å². The van der Waals surface area contributed by atoms with Crippen molar-refractivity contribution in [2.24, 2.45) is 0 Å². The number of hydrogen-bond donors (Lipinski definition) is 1. The van der Waals surface area contributed by atoms with E-state index in [1.807, 2.05) is 44.2 Å². The van der Waals surface area contributed by atoms with Crippen molar-refractivity contribution >= 4 is 18.0 Å². The number of amides is 4. The first kappa shape index (κ1) is 30.8. The third kappa shape index (κ3) is 8.70. The molecule has 2 aromatic rings. The van der Waals surface area contributed by atoms with E-state index in [1.54, 1.807) is 4.90 Å². The number of hydrogen-bond acceptors (Lipinski definition) is 7. The second kappa shape index (κ2) is 14.2. The van der Waals surface area contributed by atoms with E-state index in [4.69, 9.17) is 18.9 Å². The standard InChI is InChI=1S/C33H43N3O7/c1-33(2)41-23-27-19-26(13-14-28(27)43-33)29-21-35(32(39)42-29)15-6-3-4-7-16-40-17-8-5-10-24-11-9-12-25(18-24)20-36-22-30(37)34-31(36)38/h9,11-14,18-19,29H,3-8,10,15-17,20-23H2,1-2H3,(H,34,37,38)/t29-/m0/s1. The van der Waals surface area contributed by atoms with Gasteiger partial charge in [-0.1, -0.05) is 43.2 Å². The van der Waals surface area contributed by atoms with Crippen molar-refractivity contribution in [3.63, 3.8) is 0 Å². The predicted octanol–water partition coefficient (Wildman–Crippen LogP) is 5.48. The molecule has 10 heteroatoms. The van der Waals surface area contributed by atoms with Gasteiger partial charge in [-0.2, -0.15) is 0 Å². The highest BCUT2D eigenvalue weighted by atomic mass is 16.7. The lowest BCUT2D eigenvalue weighted by atomic mass is 10.0. The Morgan fingerprint density at radius 3 is 2.53 bits per heavy atom. The van der Waals surface area contributed by atoms with Crippen molar-refractivity contribution in [2.75, 3.05) is 32.8 Å². The van der Waals surface area contributed by atoms with Crippen LogP contribution in [0.5, 0.6) is 5.75 Å². The molecular formula is C33H43N3O7. The minimum atomic E-state index is -0.631. The van der Waals surface area contributed by atoms with Crippen LogP contribution in [0.25, 0.3) is 0 Å². The number of nitrogens with zero attached hydrogens (tertiary/aromatic N) is 2. The van der Waals surface area contributed by atoms with Crippen LogP contribution in [0, 0.1) is 0 Å². The van der Waals surface area contributed by atoms with Crippen molar-refractivity contribution in [3.8, 4) is 5.75 Å². The maximum Gasteiger partial charge on any atom is 0.410 e. The molecule has 3 aliphatic heterocycles. The maximum atomic E-state index is 12.4. The zero-order valence-electron chi connectivity index (χ0n) is 25.3. The largest absolute Gasteiger partial charge is 0.463 e. The molecule has 0 radical (unpaired) electrons. The van der Waals surface area contributed by atoms with E-state index in [1.165, 1.54) is 10.5 Å². The number of rotatable bonds is 15. The van der Waals surface area contributed by atoms with Crippen molar-refractivity contribution in [1.29, 1.82) is 0 Å². The molecule has 4 amide bonds. The third-order valence-electron chi connectivity index (χ3n) is 7.98. The van der Waals surface area contributed by atoms with Crippen molar-refractivity contribution in [3.05, 3.63) is 64.7 Å². The van der Waals surface area contributed by atoms with Gasteiger partial charge in [0.2, 0.25) is 11.7 Å². The second-order valence-corrected chi connectivity index (χ2v) is 12.0. The number of fused-ring (bicyclic) bond motifs is 1. The summed E-state index contributed by atoms with van der Waals surface area (Å²) in [7, 11) is 0. The monoisotopic (exact) mass is 593 g/mol. The molecule has 43 heavy (non-hydrogen) atoms. The summed E-state index contributed by atoms with van der Waals surface area (Å²) in [6, 6.07) is 13.8. The molecule has 1 atom stereocenters. The lowest BCUT2D eigenvalue weighted by Gasteiger charge is -2.32.